The molecule has 2 saturated heterocycles. The number of nitrogens with zero attached hydrogens (tertiary/aromatic N) is 1. The summed E-state index contributed by atoms with van der Waals surface area (Å²) in [5.74, 6) is 0.00128. The van der Waals surface area contributed by atoms with Crippen molar-refractivity contribution in [2.75, 3.05) is 18.9 Å². The first-order valence-electron chi connectivity index (χ1n) is 8.04. The summed E-state index contributed by atoms with van der Waals surface area (Å²) in [5, 5.41) is 6.46. The molecule has 0 saturated carbocycles. The van der Waals surface area contributed by atoms with Crippen LogP contribution in [0.15, 0.2) is 24.3 Å². The van der Waals surface area contributed by atoms with Crippen LogP contribution in [0.5, 0.6) is 0 Å². The monoisotopic (exact) mass is 287 g/mol. The first-order valence-corrected chi connectivity index (χ1v) is 8.04. The van der Waals surface area contributed by atoms with Crippen molar-refractivity contribution in [3.8, 4) is 0 Å². The van der Waals surface area contributed by atoms with Crippen LogP contribution in [-0.2, 0) is 0 Å². The summed E-state index contributed by atoms with van der Waals surface area (Å²) in [7, 11) is 2.26. The second-order valence-electron chi connectivity index (χ2n) is 6.30. The zero-order chi connectivity index (χ0) is 14.8. The fourth-order valence-electron chi connectivity index (χ4n) is 3.75. The maximum Gasteiger partial charge on any atom is 0.251 e. The second-order valence-corrected chi connectivity index (χ2v) is 6.30. The number of hydrogen-bond acceptors (Lipinski definition) is 3. The SMILES string of the molecule is CCNC(=O)c1ccc(NC2CC3CCC(C2)N3C)cc1. The normalized spacial score (nSPS) is 28.4. The van der Waals surface area contributed by atoms with Gasteiger partial charge in [-0.15, -0.1) is 0 Å². The molecular weight excluding hydrogens is 262 g/mol. The van der Waals surface area contributed by atoms with E-state index in [-0.39, 0.29) is 5.91 Å². The molecule has 114 valence electrons. The molecular formula is C17H25N3O. The fraction of sp³-hybridized carbons (Fsp3) is 0.588. The van der Waals surface area contributed by atoms with Gasteiger partial charge >= 0.3 is 0 Å². The van der Waals surface area contributed by atoms with Crippen molar-refractivity contribution in [2.24, 2.45) is 0 Å². The predicted molar refractivity (Wildman–Crippen MR) is 85.7 cm³/mol. The smallest absolute Gasteiger partial charge is 0.251 e. The lowest BCUT2D eigenvalue weighted by molar-refractivity contribution is 0.0956. The standard InChI is InChI=1S/C17H25N3O/c1-3-18-17(21)12-4-6-13(7-5-12)19-14-10-15-8-9-16(11-14)20(15)2/h4-7,14-16,19H,3,8-11H2,1-2H3,(H,18,21). The molecule has 2 aliphatic heterocycles. The number of piperidine rings is 1. The van der Waals surface area contributed by atoms with E-state index in [1.807, 2.05) is 31.2 Å². The van der Waals surface area contributed by atoms with Crippen LogP contribution >= 0.6 is 0 Å². The predicted octanol–water partition coefficient (Wildman–Crippen LogP) is 2.47. The summed E-state index contributed by atoms with van der Waals surface area (Å²) in [6.45, 7) is 2.60. The highest BCUT2D eigenvalue weighted by molar-refractivity contribution is 5.94. The first kappa shape index (κ1) is 14.4. The van der Waals surface area contributed by atoms with Gasteiger partial charge < -0.3 is 15.5 Å². The third-order valence-electron chi connectivity index (χ3n) is 4.95. The summed E-state index contributed by atoms with van der Waals surface area (Å²) in [5.41, 5.74) is 1.85. The molecule has 2 atom stereocenters. The Morgan fingerprint density at radius 3 is 2.38 bits per heavy atom. The van der Waals surface area contributed by atoms with Gasteiger partial charge in [0.05, 0.1) is 0 Å². The lowest BCUT2D eigenvalue weighted by Crippen LogP contribution is -2.44. The van der Waals surface area contributed by atoms with E-state index in [2.05, 4.69) is 22.6 Å². The van der Waals surface area contributed by atoms with Gasteiger partial charge in [-0.1, -0.05) is 0 Å². The topological polar surface area (TPSA) is 44.4 Å². The molecule has 0 radical (unpaired) electrons. The van der Waals surface area contributed by atoms with Gasteiger partial charge in [-0.3, -0.25) is 4.79 Å². The summed E-state index contributed by atoms with van der Waals surface area (Å²) >= 11 is 0. The van der Waals surface area contributed by atoms with Gasteiger partial charge in [0.15, 0.2) is 0 Å². The van der Waals surface area contributed by atoms with Crippen molar-refractivity contribution in [1.29, 1.82) is 0 Å². The highest BCUT2D eigenvalue weighted by Gasteiger charge is 2.38. The average molecular weight is 287 g/mol. The molecule has 0 spiro atoms. The molecule has 3 rings (SSSR count). The highest BCUT2D eigenvalue weighted by atomic mass is 16.1. The van der Waals surface area contributed by atoms with Gasteiger partial charge in [0, 0.05) is 35.9 Å². The number of benzene rings is 1. The van der Waals surface area contributed by atoms with E-state index in [4.69, 9.17) is 0 Å². The van der Waals surface area contributed by atoms with Gasteiger partial charge in [-0.2, -0.15) is 0 Å². The van der Waals surface area contributed by atoms with Gasteiger partial charge in [-0.05, 0) is 63.9 Å². The van der Waals surface area contributed by atoms with Gasteiger partial charge in [0.1, 0.15) is 0 Å². The summed E-state index contributed by atoms with van der Waals surface area (Å²) in [6.07, 6.45) is 5.14. The number of hydrogen-bond donors (Lipinski definition) is 2. The molecule has 2 N–H and O–H groups in total. The number of amides is 1. The summed E-state index contributed by atoms with van der Waals surface area (Å²) in [4.78, 5) is 14.3. The molecule has 2 heterocycles. The van der Waals surface area contributed by atoms with E-state index < -0.39 is 0 Å². The largest absolute Gasteiger partial charge is 0.382 e. The zero-order valence-corrected chi connectivity index (χ0v) is 12.9. The summed E-state index contributed by atoms with van der Waals surface area (Å²) in [6, 6.07) is 9.89. The third-order valence-corrected chi connectivity index (χ3v) is 4.95. The molecule has 1 aromatic rings. The fourth-order valence-corrected chi connectivity index (χ4v) is 3.75. The van der Waals surface area contributed by atoms with Gasteiger partial charge in [0.2, 0.25) is 0 Å². The highest BCUT2D eigenvalue weighted by Crippen LogP contribution is 2.35. The Bertz CT molecular complexity index is 485. The van der Waals surface area contributed by atoms with Crippen molar-refractivity contribution >= 4 is 11.6 Å². The van der Waals surface area contributed by atoms with Crippen molar-refractivity contribution < 1.29 is 4.79 Å². The van der Waals surface area contributed by atoms with Gasteiger partial charge in [0.25, 0.3) is 5.91 Å². The van der Waals surface area contributed by atoms with Crippen LogP contribution in [0.3, 0.4) is 0 Å². The molecule has 2 fully saturated rings. The molecule has 2 bridgehead atoms. The minimum absolute atomic E-state index is 0.00128. The maximum atomic E-state index is 11.7. The molecule has 0 aliphatic carbocycles. The van der Waals surface area contributed by atoms with Crippen LogP contribution in [0.1, 0.15) is 43.0 Å². The van der Waals surface area contributed by atoms with E-state index in [0.29, 0.717) is 12.6 Å². The van der Waals surface area contributed by atoms with E-state index in [9.17, 15) is 4.79 Å². The van der Waals surface area contributed by atoms with E-state index in [0.717, 1.165) is 23.3 Å². The zero-order valence-electron chi connectivity index (χ0n) is 12.9. The number of rotatable bonds is 4. The van der Waals surface area contributed by atoms with E-state index >= 15 is 0 Å². The molecule has 2 aliphatic rings. The molecule has 21 heavy (non-hydrogen) atoms. The van der Waals surface area contributed by atoms with Crippen molar-refractivity contribution in [1.82, 2.24) is 10.2 Å². The van der Waals surface area contributed by atoms with E-state index in [1.54, 1.807) is 0 Å². The van der Waals surface area contributed by atoms with Crippen LogP contribution in [0.4, 0.5) is 5.69 Å². The Hall–Kier alpha value is -1.55. The van der Waals surface area contributed by atoms with Gasteiger partial charge in [-0.25, -0.2) is 0 Å². The Labute approximate surface area is 126 Å². The lowest BCUT2D eigenvalue weighted by atomic mass is 9.97. The van der Waals surface area contributed by atoms with Crippen LogP contribution in [0, 0.1) is 0 Å². The van der Waals surface area contributed by atoms with Crippen molar-refractivity contribution in [2.45, 2.75) is 50.7 Å². The van der Waals surface area contributed by atoms with Crippen LogP contribution in [-0.4, -0.2) is 42.5 Å². The van der Waals surface area contributed by atoms with Crippen LogP contribution < -0.4 is 10.6 Å². The van der Waals surface area contributed by atoms with E-state index in [1.165, 1.54) is 25.7 Å². The maximum absolute atomic E-state index is 11.7. The van der Waals surface area contributed by atoms with Crippen LogP contribution in [0.2, 0.25) is 0 Å². The third kappa shape index (κ3) is 3.05. The quantitative estimate of drug-likeness (QED) is 0.894. The molecule has 1 amide bonds. The molecule has 2 unspecified atom stereocenters. The summed E-state index contributed by atoms with van der Waals surface area (Å²) < 4.78 is 0. The average Bonchev–Trinajstić information content (AvgIpc) is 2.71. The molecule has 4 nitrogen and oxygen atoms in total. The molecule has 0 aromatic heterocycles. The number of carbonyl (C=O) groups excluding carboxylic acids is 1. The Kier molecular flexibility index (Phi) is 4.15. The Balaban J connectivity index is 1.60. The minimum Gasteiger partial charge on any atom is -0.382 e. The first-order chi connectivity index (χ1) is 10.2. The lowest BCUT2D eigenvalue weighted by Gasteiger charge is -2.37. The molecule has 4 heteroatoms. The number of nitrogens with one attached hydrogen (secondary N) is 2. The van der Waals surface area contributed by atoms with Crippen molar-refractivity contribution in [3.05, 3.63) is 29.8 Å². The number of carbonyl (C=O) groups is 1. The second kappa shape index (κ2) is 6.06. The number of fused-ring (bicyclic) bond motifs is 2. The number of anilines is 1. The minimum atomic E-state index is 0.00128. The Morgan fingerprint density at radius 2 is 1.81 bits per heavy atom. The Morgan fingerprint density at radius 1 is 1.19 bits per heavy atom. The van der Waals surface area contributed by atoms with Crippen molar-refractivity contribution in [3.63, 3.8) is 0 Å². The van der Waals surface area contributed by atoms with Crippen LogP contribution in [0.25, 0.3) is 0 Å². The molecule has 1 aromatic carbocycles.